The third-order valence-corrected chi connectivity index (χ3v) is 5.28. The Bertz CT molecular complexity index is 1080. The molecule has 0 unspecified atom stereocenters. The van der Waals surface area contributed by atoms with Gasteiger partial charge < -0.3 is 20.3 Å². The predicted octanol–water partition coefficient (Wildman–Crippen LogP) is 4.15. The maximum absolute atomic E-state index is 12.8. The third-order valence-electron chi connectivity index (χ3n) is 5.28. The van der Waals surface area contributed by atoms with Crippen LogP contribution in [0.15, 0.2) is 72.8 Å². The maximum atomic E-state index is 12.8. The minimum absolute atomic E-state index is 0.0436. The van der Waals surface area contributed by atoms with Crippen LogP contribution in [0.4, 0.5) is 17.1 Å². The Morgan fingerprint density at radius 1 is 1.03 bits per heavy atom. The van der Waals surface area contributed by atoms with Crippen LogP contribution < -0.4 is 20.3 Å². The van der Waals surface area contributed by atoms with Crippen LogP contribution in [-0.4, -0.2) is 32.0 Å². The van der Waals surface area contributed by atoms with E-state index in [1.54, 1.807) is 0 Å². The van der Waals surface area contributed by atoms with Gasteiger partial charge in [0.1, 0.15) is 12.4 Å². The number of fused-ring (bicyclic) bond motifs is 1. The summed E-state index contributed by atoms with van der Waals surface area (Å²) in [5.41, 5.74) is 4.37. The van der Waals surface area contributed by atoms with Crippen LogP contribution >= 0.6 is 0 Å². The minimum Gasteiger partial charge on any atom is -0.492 e. The summed E-state index contributed by atoms with van der Waals surface area (Å²) < 4.78 is 5.79. The molecule has 6 heteroatoms. The van der Waals surface area contributed by atoms with Gasteiger partial charge >= 0.3 is 0 Å². The number of para-hydroxylation sites is 2. The molecular formula is C25H25N3O3. The van der Waals surface area contributed by atoms with Gasteiger partial charge in [0, 0.05) is 24.8 Å². The van der Waals surface area contributed by atoms with E-state index >= 15 is 0 Å². The monoisotopic (exact) mass is 415 g/mol. The summed E-state index contributed by atoms with van der Waals surface area (Å²) in [4.78, 5) is 26.3. The van der Waals surface area contributed by atoms with Gasteiger partial charge in [0.25, 0.3) is 5.91 Å². The van der Waals surface area contributed by atoms with Gasteiger partial charge in [-0.1, -0.05) is 30.3 Å². The number of carbonyl (C=O) groups excluding carboxylic acids is 2. The van der Waals surface area contributed by atoms with Crippen molar-refractivity contribution in [1.82, 2.24) is 5.32 Å². The molecule has 0 bridgehead atoms. The highest BCUT2D eigenvalue weighted by Gasteiger charge is 2.16. The molecule has 0 atom stereocenters. The zero-order chi connectivity index (χ0) is 21.6. The first-order valence-corrected chi connectivity index (χ1v) is 10.3. The highest BCUT2D eigenvalue weighted by atomic mass is 16.5. The molecule has 0 spiro atoms. The fourth-order valence-corrected chi connectivity index (χ4v) is 3.63. The van der Waals surface area contributed by atoms with Crippen LogP contribution in [0.2, 0.25) is 0 Å². The molecule has 0 saturated carbocycles. The average molecular weight is 415 g/mol. The molecule has 158 valence electrons. The van der Waals surface area contributed by atoms with Crippen molar-refractivity contribution >= 4 is 28.9 Å². The lowest BCUT2D eigenvalue weighted by Gasteiger charge is -2.22. The molecule has 0 aromatic heterocycles. The number of hydrogen-bond acceptors (Lipinski definition) is 4. The molecule has 2 amide bonds. The van der Waals surface area contributed by atoms with Crippen LogP contribution in [0.25, 0.3) is 0 Å². The maximum Gasteiger partial charge on any atom is 0.253 e. The lowest BCUT2D eigenvalue weighted by atomic mass is 10.0. The normalized spacial score (nSPS) is 12.5. The first-order chi connectivity index (χ1) is 15.1. The van der Waals surface area contributed by atoms with Crippen molar-refractivity contribution in [3.8, 4) is 5.75 Å². The molecule has 1 aliphatic rings. The predicted molar refractivity (Wildman–Crippen MR) is 122 cm³/mol. The molecule has 0 saturated heterocycles. The molecule has 4 rings (SSSR count). The van der Waals surface area contributed by atoms with Crippen molar-refractivity contribution < 1.29 is 14.3 Å². The molecule has 3 aromatic carbocycles. The number of nitrogens with one attached hydrogen (secondary N) is 2. The summed E-state index contributed by atoms with van der Waals surface area (Å²) in [5, 5.41) is 5.79. The van der Waals surface area contributed by atoms with Crippen LogP contribution in [0.5, 0.6) is 5.75 Å². The SMILES string of the molecule is CN(c1ccccc1)c1ccccc1C(=O)NCCOc1ccc2c(c1)CCC(=O)N2. The minimum atomic E-state index is -0.143. The molecule has 31 heavy (non-hydrogen) atoms. The lowest BCUT2D eigenvalue weighted by molar-refractivity contribution is -0.116. The molecule has 1 aliphatic heterocycles. The van der Waals surface area contributed by atoms with Crippen molar-refractivity contribution in [2.24, 2.45) is 0 Å². The second-order valence-electron chi connectivity index (χ2n) is 7.38. The second-order valence-corrected chi connectivity index (χ2v) is 7.38. The molecule has 0 fully saturated rings. The summed E-state index contributed by atoms with van der Waals surface area (Å²) in [6.45, 7) is 0.740. The Balaban J connectivity index is 1.34. The van der Waals surface area contributed by atoms with E-state index in [1.165, 1.54) is 0 Å². The summed E-state index contributed by atoms with van der Waals surface area (Å²) in [6, 6.07) is 23.1. The van der Waals surface area contributed by atoms with Crippen molar-refractivity contribution in [3.63, 3.8) is 0 Å². The Morgan fingerprint density at radius 2 is 1.81 bits per heavy atom. The van der Waals surface area contributed by atoms with E-state index in [9.17, 15) is 9.59 Å². The van der Waals surface area contributed by atoms with E-state index in [0.717, 1.165) is 28.4 Å². The fraction of sp³-hybridized carbons (Fsp3) is 0.200. The highest BCUT2D eigenvalue weighted by molar-refractivity contribution is 6.00. The Hall–Kier alpha value is -3.80. The van der Waals surface area contributed by atoms with Gasteiger partial charge in [-0.15, -0.1) is 0 Å². The van der Waals surface area contributed by atoms with Gasteiger partial charge in [0.2, 0.25) is 5.91 Å². The van der Waals surface area contributed by atoms with Gasteiger partial charge in [-0.05, 0) is 54.4 Å². The standard InChI is InChI=1S/C25H25N3O3/c1-28(19-7-3-2-4-8-19)23-10-6-5-9-21(23)25(30)26-15-16-31-20-12-13-22-18(17-20)11-14-24(29)27-22/h2-10,12-13,17H,11,14-16H2,1H3,(H,26,30)(H,27,29). The topological polar surface area (TPSA) is 70.7 Å². The third kappa shape index (κ3) is 4.86. The van der Waals surface area contributed by atoms with Gasteiger partial charge in [-0.3, -0.25) is 9.59 Å². The van der Waals surface area contributed by atoms with E-state index in [4.69, 9.17) is 4.74 Å². The quantitative estimate of drug-likeness (QED) is 0.569. The van der Waals surface area contributed by atoms with E-state index < -0.39 is 0 Å². The molecule has 1 heterocycles. The number of ether oxygens (including phenoxy) is 1. The summed E-state index contributed by atoms with van der Waals surface area (Å²) in [6.07, 6.45) is 1.20. The first-order valence-electron chi connectivity index (χ1n) is 10.3. The number of anilines is 3. The van der Waals surface area contributed by atoms with Gasteiger partial charge in [-0.25, -0.2) is 0 Å². The highest BCUT2D eigenvalue weighted by Crippen LogP contribution is 2.28. The summed E-state index contributed by atoms with van der Waals surface area (Å²) >= 11 is 0. The van der Waals surface area contributed by atoms with Gasteiger partial charge in [0.05, 0.1) is 17.8 Å². The van der Waals surface area contributed by atoms with Crippen LogP contribution in [0.3, 0.4) is 0 Å². The molecule has 0 radical (unpaired) electrons. The summed E-state index contributed by atoms with van der Waals surface area (Å²) in [7, 11) is 1.95. The smallest absolute Gasteiger partial charge is 0.253 e. The molecule has 6 nitrogen and oxygen atoms in total. The number of benzene rings is 3. The van der Waals surface area contributed by atoms with E-state index in [0.29, 0.717) is 31.6 Å². The van der Waals surface area contributed by atoms with E-state index in [2.05, 4.69) is 10.6 Å². The van der Waals surface area contributed by atoms with E-state index in [1.807, 2.05) is 84.7 Å². The Labute approximate surface area is 181 Å². The zero-order valence-corrected chi connectivity index (χ0v) is 17.4. The lowest BCUT2D eigenvalue weighted by Crippen LogP contribution is -2.29. The first kappa shape index (κ1) is 20.5. The number of hydrogen-bond donors (Lipinski definition) is 2. The van der Waals surface area contributed by atoms with Gasteiger partial charge in [-0.2, -0.15) is 0 Å². The van der Waals surface area contributed by atoms with Crippen molar-refractivity contribution in [2.45, 2.75) is 12.8 Å². The number of amides is 2. The number of aryl methyl sites for hydroxylation is 1. The van der Waals surface area contributed by atoms with E-state index in [-0.39, 0.29) is 11.8 Å². The summed E-state index contributed by atoms with van der Waals surface area (Å²) in [5.74, 6) is 0.630. The molecule has 2 N–H and O–H groups in total. The Morgan fingerprint density at radius 3 is 2.65 bits per heavy atom. The largest absolute Gasteiger partial charge is 0.492 e. The van der Waals surface area contributed by atoms with Gasteiger partial charge in [0.15, 0.2) is 0 Å². The van der Waals surface area contributed by atoms with Crippen molar-refractivity contribution in [2.75, 3.05) is 30.4 Å². The zero-order valence-electron chi connectivity index (χ0n) is 17.4. The van der Waals surface area contributed by atoms with Crippen LogP contribution in [0, 0.1) is 0 Å². The molecule has 0 aliphatic carbocycles. The van der Waals surface area contributed by atoms with Crippen molar-refractivity contribution in [1.29, 1.82) is 0 Å². The van der Waals surface area contributed by atoms with Crippen molar-refractivity contribution in [3.05, 3.63) is 83.9 Å². The van der Waals surface area contributed by atoms with Crippen LogP contribution in [-0.2, 0) is 11.2 Å². The molecule has 3 aromatic rings. The van der Waals surface area contributed by atoms with Crippen LogP contribution in [0.1, 0.15) is 22.3 Å². The Kier molecular flexibility index (Phi) is 6.17. The molecular weight excluding hydrogens is 390 g/mol. The fourth-order valence-electron chi connectivity index (χ4n) is 3.63. The number of rotatable bonds is 7. The average Bonchev–Trinajstić information content (AvgIpc) is 2.81. The number of carbonyl (C=O) groups is 2. The number of nitrogens with zero attached hydrogens (tertiary/aromatic N) is 1. The second kappa shape index (κ2) is 9.34.